The van der Waals surface area contributed by atoms with Crippen molar-refractivity contribution in [3.63, 3.8) is 0 Å². The van der Waals surface area contributed by atoms with Crippen LogP contribution in [0.1, 0.15) is 32.6 Å². The van der Waals surface area contributed by atoms with Gasteiger partial charge in [-0.3, -0.25) is 14.4 Å². The zero-order valence-corrected chi connectivity index (χ0v) is 15.8. The maximum atomic E-state index is 12.0. The van der Waals surface area contributed by atoms with Crippen molar-refractivity contribution in [2.45, 2.75) is 32.6 Å². The van der Waals surface area contributed by atoms with E-state index in [2.05, 4.69) is 17.1 Å². The summed E-state index contributed by atoms with van der Waals surface area (Å²) in [5.74, 6) is -0.212. The molecule has 2 saturated heterocycles. The molecule has 146 valence electrons. The quantitative estimate of drug-likeness (QED) is 0.772. The Bertz CT molecular complexity index is 681. The molecule has 27 heavy (non-hydrogen) atoms. The van der Waals surface area contributed by atoms with Crippen molar-refractivity contribution in [1.82, 2.24) is 4.90 Å². The highest BCUT2D eigenvalue weighted by Gasteiger charge is 2.23. The van der Waals surface area contributed by atoms with Gasteiger partial charge in [0.25, 0.3) is 5.91 Å². The molecule has 2 aliphatic rings. The lowest BCUT2D eigenvalue weighted by molar-refractivity contribution is -0.150. The number of hydrogen-bond donors (Lipinski definition) is 1. The third-order valence-corrected chi connectivity index (χ3v) is 5.16. The lowest BCUT2D eigenvalue weighted by Crippen LogP contribution is -2.33. The number of carbonyl (C=O) groups excluding carboxylic acids is 3. The summed E-state index contributed by atoms with van der Waals surface area (Å²) in [5.41, 5.74) is 1.82. The van der Waals surface area contributed by atoms with E-state index in [1.807, 2.05) is 24.3 Å². The minimum absolute atomic E-state index is 0.0420. The van der Waals surface area contributed by atoms with Crippen LogP contribution < -0.4 is 10.2 Å². The number of benzene rings is 1. The number of ether oxygens (including phenoxy) is 1. The number of nitrogens with zero attached hydrogens (tertiary/aromatic N) is 2. The maximum absolute atomic E-state index is 12.0. The Hall–Kier alpha value is -2.57. The standard InChI is InChI=1S/C20H27N3O4/c1-15-8-11-22(12-9-15)17-6-4-16(5-7-17)21-18(24)14-27-20(26)13-23-10-2-3-19(23)25/h4-7,15H,2-3,8-14H2,1H3,(H,21,24). The second kappa shape index (κ2) is 8.88. The Balaban J connectivity index is 1.41. The zero-order valence-electron chi connectivity index (χ0n) is 15.8. The van der Waals surface area contributed by atoms with Gasteiger partial charge in [-0.05, 0) is 49.4 Å². The Kier molecular flexibility index (Phi) is 6.32. The fourth-order valence-electron chi connectivity index (χ4n) is 3.44. The van der Waals surface area contributed by atoms with E-state index in [1.54, 1.807) is 0 Å². The number of rotatable bonds is 6. The fourth-order valence-corrected chi connectivity index (χ4v) is 3.44. The summed E-state index contributed by atoms with van der Waals surface area (Å²) >= 11 is 0. The molecule has 0 unspecified atom stereocenters. The highest BCUT2D eigenvalue weighted by atomic mass is 16.5. The van der Waals surface area contributed by atoms with Crippen molar-refractivity contribution in [3.8, 4) is 0 Å². The van der Waals surface area contributed by atoms with Crippen LogP contribution in [0.2, 0.25) is 0 Å². The Morgan fingerprint density at radius 1 is 1.15 bits per heavy atom. The highest BCUT2D eigenvalue weighted by molar-refractivity contribution is 5.93. The predicted molar refractivity (Wildman–Crippen MR) is 102 cm³/mol. The number of carbonyl (C=O) groups is 3. The molecule has 0 bridgehead atoms. The summed E-state index contributed by atoms with van der Waals surface area (Å²) in [5, 5.41) is 2.72. The van der Waals surface area contributed by atoms with E-state index < -0.39 is 11.9 Å². The van der Waals surface area contributed by atoms with Gasteiger partial charge < -0.3 is 19.9 Å². The summed E-state index contributed by atoms with van der Waals surface area (Å²) in [4.78, 5) is 39.0. The lowest BCUT2D eigenvalue weighted by Gasteiger charge is -2.32. The average molecular weight is 373 g/mol. The molecule has 7 nitrogen and oxygen atoms in total. The molecule has 0 aliphatic carbocycles. The molecule has 0 spiro atoms. The minimum Gasteiger partial charge on any atom is -0.454 e. The minimum atomic E-state index is -0.560. The first-order chi connectivity index (χ1) is 13.0. The summed E-state index contributed by atoms with van der Waals surface area (Å²) in [6.07, 6.45) is 3.64. The maximum Gasteiger partial charge on any atom is 0.326 e. The highest BCUT2D eigenvalue weighted by Crippen LogP contribution is 2.24. The lowest BCUT2D eigenvalue weighted by atomic mass is 9.99. The van der Waals surface area contributed by atoms with Gasteiger partial charge in [0, 0.05) is 37.4 Å². The van der Waals surface area contributed by atoms with Crippen LogP contribution in [-0.4, -0.2) is 55.5 Å². The molecule has 2 amide bonds. The molecule has 7 heteroatoms. The van der Waals surface area contributed by atoms with Crippen LogP contribution in [-0.2, 0) is 19.1 Å². The predicted octanol–water partition coefficient (Wildman–Crippen LogP) is 2.03. The van der Waals surface area contributed by atoms with E-state index in [9.17, 15) is 14.4 Å². The van der Waals surface area contributed by atoms with Crippen LogP contribution in [0.15, 0.2) is 24.3 Å². The fraction of sp³-hybridized carbons (Fsp3) is 0.550. The van der Waals surface area contributed by atoms with Gasteiger partial charge in [-0.2, -0.15) is 0 Å². The Labute approximate surface area is 159 Å². The van der Waals surface area contributed by atoms with Gasteiger partial charge in [0.2, 0.25) is 5.91 Å². The average Bonchev–Trinajstić information content (AvgIpc) is 3.06. The smallest absolute Gasteiger partial charge is 0.326 e. The summed E-state index contributed by atoms with van der Waals surface area (Å²) in [6.45, 7) is 4.53. The van der Waals surface area contributed by atoms with Gasteiger partial charge in [0.05, 0.1) is 0 Å². The van der Waals surface area contributed by atoms with Crippen molar-refractivity contribution in [1.29, 1.82) is 0 Å². The topological polar surface area (TPSA) is 79.0 Å². The van der Waals surface area contributed by atoms with Gasteiger partial charge in [-0.25, -0.2) is 0 Å². The number of hydrogen-bond acceptors (Lipinski definition) is 5. The van der Waals surface area contributed by atoms with E-state index in [-0.39, 0.29) is 19.1 Å². The molecular weight excluding hydrogens is 346 g/mol. The Morgan fingerprint density at radius 3 is 2.48 bits per heavy atom. The van der Waals surface area contributed by atoms with E-state index in [1.165, 1.54) is 17.7 Å². The Morgan fingerprint density at radius 2 is 1.85 bits per heavy atom. The third-order valence-electron chi connectivity index (χ3n) is 5.16. The zero-order chi connectivity index (χ0) is 19.2. The van der Waals surface area contributed by atoms with Gasteiger partial charge in [0.15, 0.2) is 6.61 Å². The number of anilines is 2. The molecule has 2 aliphatic heterocycles. The van der Waals surface area contributed by atoms with Gasteiger partial charge >= 0.3 is 5.97 Å². The van der Waals surface area contributed by atoms with Crippen LogP contribution in [0.25, 0.3) is 0 Å². The first-order valence-electron chi connectivity index (χ1n) is 9.59. The SMILES string of the molecule is CC1CCN(c2ccc(NC(=O)COC(=O)CN3CCCC3=O)cc2)CC1. The van der Waals surface area contributed by atoms with Crippen LogP contribution in [0.4, 0.5) is 11.4 Å². The van der Waals surface area contributed by atoms with E-state index in [0.717, 1.165) is 31.1 Å². The number of amides is 2. The molecule has 0 radical (unpaired) electrons. The second-order valence-electron chi connectivity index (χ2n) is 7.34. The van der Waals surface area contributed by atoms with Crippen LogP contribution >= 0.6 is 0 Å². The second-order valence-corrected chi connectivity index (χ2v) is 7.34. The number of nitrogens with one attached hydrogen (secondary N) is 1. The molecule has 0 saturated carbocycles. The number of piperidine rings is 1. The van der Waals surface area contributed by atoms with E-state index in [0.29, 0.717) is 18.7 Å². The van der Waals surface area contributed by atoms with Gasteiger partial charge in [-0.15, -0.1) is 0 Å². The molecule has 1 N–H and O–H groups in total. The summed E-state index contributed by atoms with van der Waals surface area (Å²) in [6, 6.07) is 7.71. The van der Waals surface area contributed by atoms with E-state index >= 15 is 0 Å². The van der Waals surface area contributed by atoms with Crippen molar-refractivity contribution in [3.05, 3.63) is 24.3 Å². The molecule has 0 atom stereocenters. The molecule has 3 rings (SSSR count). The van der Waals surface area contributed by atoms with Crippen molar-refractivity contribution < 1.29 is 19.1 Å². The van der Waals surface area contributed by atoms with E-state index in [4.69, 9.17) is 4.74 Å². The third kappa shape index (κ3) is 5.45. The summed E-state index contributed by atoms with van der Waals surface area (Å²) < 4.78 is 4.96. The number of likely N-dealkylation sites (tertiary alicyclic amines) is 1. The van der Waals surface area contributed by atoms with Crippen molar-refractivity contribution in [2.75, 3.05) is 43.0 Å². The first-order valence-corrected chi connectivity index (χ1v) is 9.59. The first kappa shape index (κ1) is 19.2. The van der Waals surface area contributed by atoms with Gasteiger partial charge in [-0.1, -0.05) is 6.92 Å². The van der Waals surface area contributed by atoms with Gasteiger partial charge in [0.1, 0.15) is 6.54 Å². The monoisotopic (exact) mass is 373 g/mol. The molecule has 0 aromatic heterocycles. The van der Waals surface area contributed by atoms with Crippen LogP contribution in [0.3, 0.4) is 0 Å². The molecule has 2 fully saturated rings. The molecular formula is C20H27N3O4. The molecule has 1 aromatic carbocycles. The molecule has 2 heterocycles. The largest absolute Gasteiger partial charge is 0.454 e. The van der Waals surface area contributed by atoms with Crippen molar-refractivity contribution >= 4 is 29.2 Å². The van der Waals surface area contributed by atoms with Crippen LogP contribution in [0.5, 0.6) is 0 Å². The normalized spacial score (nSPS) is 17.9. The van der Waals surface area contributed by atoms with Crippen LogP contribution in [0, 0.1) is 5.92 Å². The number of esters is 1. The van der Waals surface area contributed by atoms with Crippen molar-refractivity contribution in [2.24, 2.45) is 5.92 Å². The molecule has 1 aromatic rings. The summed E-state index contributed by atoms with van der Waals surface area (Å²) in [7, 11) is 0.